The molecule has 8 nitrogen and oxygen atoms in total. The zero-order chi connectivity index (χ0) is 25.3. The Bertz CT molecular complexity index is 1080. The Morgan fingerprint density at radius 1 is 1.15 bits per heavy atom. The lowest BCUT2D eigenvalue weighted by atomic mass is 10.1. The van der Waals surface area contributed by atoms with E-state index in [1.165, 1.54) is 36.2 Å². The second kappa shape index (κ2) is 12.7. The van der Waals surface area contributed by atoms with Gasteiger partial charge in [-0.25, -0.2) is 8.42 Å². The molecule has 10 heteroatoms. The van der Waals surface area contributed by atoms with Crippen molar-refractivity contribution in [1.29, 1.82) is 0 Å². The van der Waals surface area contributed by atoms with Gasteiger partial charge in [-0.1, -0.05) is 37.1 Å². The second-order valence-electron chi connectivity index (χ2n) is 7.91. The normalized spacial score (nSPS) is 12.3. The van der Waals surface area contributed by atoms with E-state index in [0.29, 0.717) is 17.3 Å². The Morgan fingerprint density at radius 3 is 2.44 bits per heavy atom. The molecule has 0 aliphatic carbocycles. The molecule has 1 N–H and O–H groups in total. The van der Waals surface area contributed by atoms with Crippen LogP contribution in [0.5, 0.6) is 5.75 Å². The van der Waals surface area contributed by atoms with E-state index in [4.69, 9.17) is 16.3 Å². The largest absolute Gasteiger partial charge is 0.497 e. The van der Waals surface area contributed by atoms with Gasteiger partial charge >= 0.3 is 0 Å². The molecule has 2 aromatic rings. The zero-order valence-electron chi connectivity index (χ0n) is 20.0. The number of amides is 2. The second-order valence-corrected chi connectivity index (χ2v) is 10.4. The van der Waals surface area contributed by atoms with Crippen molar-refractivity contribution in [3.63, 3.8) is 0 Å². The lowest BCUT2D eigenvalue weighted by molar-refractivity contribution is -0.140. The number of hydrogen-bond donors (Lipinski definition) is 1. The summed E-state index contributed by atoms with van der Waals surface area (Å²) in [5, 5.41) is 3.25. The number of nitrogens with one attached hydrogen (secondary N) is 1. The third-order valence-electron chi connectivity index (χ3n) is 5.36. The fourth-order valence-electron chi connectivity index (χ4n) is 3.24. The van der Waals surface area contributed by atoms with Gasteiger partial charge in [0.2, 0.25) is 21.8 Å². The Hall–Kier alpha value is -2.62. The highest BCUT2D eigenvalue weighted by atomic mass is 35.5. The van der Waals surface area contributed by atoms with Crippen molar-refractivity contribution in [3.8, 4) is 5.75 Å². The molecule has 0 aromatic heterocycles. The van der Waals surface area contributed by atoms with Crippen molar-refractivity contribution < 1.29 is 22.7 Å². The molecule has 186 valence electrons. The van der Waals surface area contributed by atoms with Gasteiger partial charge in [-0.3, -0.25) is 9.59 Å². The van der Waals surface area contributed by atoms with Gasteiger partial charge in [-0.2, -0.15) is 4.31 Å². The predicted molar refractivity (Wildman–Crippen MR) is 132 cm³/mol. The molecule has 0 saturated carbocycles. The lowest BCUT2D eigenvalue weighted by Gasteiger charge is -2.30. The number of rotatable bonds is 12. The first-order valence-corrected chi connectivity index (χ1v) is 12.8. The summed E-state index contributed by atoms with van der Waals surface area (Å²) in [5.41, 5.74) is 0.754. The summed E-state index contributed by atoms with van der Waals surface area (Å²) in [6.45, 7) is 3.85. The Balaban J connectivity index is 2.26. The van der Waals surface area contributed by atoms with Crippen LogP contribution in [0.15, 0.2) is 53.4 Å². The van der Waals surface area contributed by atoms with Gasteiger partial charge < -0.3 is 15.0 Å². The third-order valence-corrected chi connectivity index (χ3v) is 7.43. The molecule has 2 amide bonds. The van der Waals surface area contributed by atoms with E-state index < -0.39 is 28.5 Å². The lowest BCUT2D eigenvalue weighted by Crippen LogP contribution is -2.50. The molecule has 0 aliphatic rings. The molecule has 0 saturated heterocycles. The van der Waals surface area contributed by atoms with E-state index >= 15 is 0 Å². The predicted octanol–water partition coefficient (Wildman–Crippen LogP) is 3.30. The molecule has 0 radical (unpaired) electrons. The monoisotopic (exact) mass is 509 g/mol. The summed E-state index contributed by atoms with van der Waals surface area (Å²) in [6.07, 6.45) is 1.75. The van der Waals surface area contributed by atoms with E-state index in [1.54, 1.807) is 32.2 Å². The Kier molecular flexibility index (Phi) is 10.3. The van der Waals surface area contributed by atoms with Crippen LogP contribution in [0, 0.1) is 0 Å². The maximum atomic E-state index is 13.3. The minimum Gasteiger partial charge on any atom is -0.497 e. The van der Waals surface area contributed by atoms with Gasteiger partial charge in [0.1, 0.15) is 11.8 Å². The van der Waals surface area contributed by atoms with Crippen molar-refractivity contribution in [2.24, 2.45) is 0 Å². The fourth-order valence-corrected chi connectivity index (χ4v) is 4.49. The van der Waals surface area contributed by atoms with Gasteiger partial charge in [-0.05, 0) is 55.3 Å². The molecule has 0 aliphatic heterocycles. The van der Waals surface area contributed by atoms with Crippen molar-refractivity contribution in [2.75, 3.05) is 27.2 Å². The molecule has 0 spiro atoms. The number of benzene rings is 2. The Morgan fingerprint density at radius 2 is 1.82 bits per heavy atom. The van der Waals surface area contributed by atoms with Crippen molar-refractivity contribution in [1.82, 2.24) is 14.5 Å². The van der Waals surface area contributed by atoms with Crippen molar-refractivity contribution in [2.45, 2.75) is 44.2 Å². The molecule has 0 unspecified atom stereocenters. The highest BCUT2D eigenvalue weighted by Crippen LogP contribution is 2.19. The zero-order valence-corrected chi connectivity index (χ0v) is 21.5. The van der Waals surface area contributed by atoms with Crippen LogP contribution >= 0.6 is 11.6 Å². The molecule has 0 fully saturated rings. The van der Waals surface area contributed by atoms with Crippen molar-refractivity contribution in [3.05, 3.63) is 59.1 Å². The first-order chi connectivity index (χ1) is 16.1. The van der Waals surface area contributed by atoms with Crippen LogP contribution < -0.4 is 10.1 Å². The van der Waals surface area contributed by atoms with Crippen molar-refractivity contribution >= 4 is 33.4 Å². The molecule has 0 bridgehead atoms. The number of likely N-dealkylation sites (N-methyl/N-ethyl adjacent to an activating group) is 1. The molecular weight excluding hydrogens is 478 g/mol. The van der Waals surface area contributed by atoms with Crippen LogP contribution in [-0.2, 0) is 26.2 Å². The maximum Gasteiger partial charge on any atom is 0.243 e. The number of sulfonamides is 1. The minimum atomic E-state index is -3.92. The summed E-state index contributed by atoms with van der Waals surface area (Å²) >= 11 is 5.86. The number of ether oxygens (including phenoxy) is 1. The van der Waals surface area contributed by atoms with E-state index in [-0.39, 0.29) is 17.3 Å². The molecule has 0 heterocycles. The van der Waals surface area contributed by atoms with Crippen LogP contribution in [0.3, 0.4) is 0 Å². The van der Waals surface area contributed by atoms with E-state index in [1.807, 2.05) is 13.0 Å². The average Bonchev–Trinajstić information content (AvgIpc) is 2.82. The summed E-state index contributed by atoms with van der Waals surface area (Å²) in [4.78, 5) is 27.5. The van der Waals surface area contributed by atoms with Crippen LogP contribution in [0.25, 0.3) is 0 Å². The number of methoxy groups -OCH3 is 1. The molecular formula is C24H32ClN3O5S. The van der Waals surface area contributed by atoms with E-state index in [0.717, 1.165) is 22.7 Å². The summed E-state index contributed by atoms with van der Waals surface area (Å²) in [7, 11) is -1.05. The van der Waals surface area contributed by atoms with Gasteiger partial charge in [0.05, 0.1) is 18.6 Å². The smallest absolute Gasteiger partial charge is 0.243 e. The van der Waals surface area contributed by atoms with Crippen LogP contribution in [-0.4, -0.2) is 62.7 Å². The van der Waals surface area contributed by atoms with Crippen LogP contribution in [0.2, 0.25) is 5.02 Å². The summed E-state index contributed by atoms with van der Waals surface area (Å²) in [6, 6.07) is 12.1. The highest BCUT2D eigenvalue weighted by Gasteiger charge is 2.30. The fraction of sp³-hybridized carbons (Fsp3) is 0.417. The minimum absolute atomic E-state index is 0.0249. The number of unbranched alkanes of at least 4 members (excludes halogenated alkanes) is 1. The van der Waals surface area contributed by atoms with Crippen LogP contribution in [0.4, 0.5) is 0 Å². The number of halogens is 1. The first-order valence-electron chi connectivity index (χ1n) is 11.0. The molecule has 34 heavy (non-hydrogen) atoms. The number of carbonyl (C=O) groups is 2. The number of nitrogens with zero attached hydrogens (tertiary/aromatic N) is 2. The number of carbonyl (C=O) groups excluding carboxylic acids is 2. The number of hydrogen-bond acceptors (Lipinski definition) is 5. The van der Waals surface area contributed by atoms with E-state index in [2.05, 4.69) is 5.32 Å². The van der Waals surface area contributed by atoms with Gasteiger partial charge in [0, 0.05) is 25.2 Å². The average molecular weight is 510 g/mol. The Labute approximate surface area is 206 Å². The highest BCUT2D eigenvalue weighted by molar-refractivity contribution is 7.89. The van der Waals surface area contributed by atoms with Gasteiger partial charge in [-0.15, -0.1) is 0 Å². The van der Waals surface area contributed by atoms with Gasteiger partial charge in [0.25, 0.3) is 0 Å². The summed E-state index contributed by atoms with van der Waals surface area (Å²) in [5.74, 6) is -0.179. The molecule has 1 atom stereocenters. The summed E-state index contributed by atoms with van der Waals surface area (Å²) < 4.78 is 32.1. The van der Waals surface area contributed by atoms with Crippen LogP contribution in [0.1, 0.15) is 32.3 Å². The quantitative estimate of drug-likeness (QED) is 0.443. The topological polar surface area (TPSA) is 96.0 Å². The first kappa shape index (κ1) is 27.6. The third kappa shape index (κ3) is 7.44. The molecule has 2 rings (SSSR count). The maximum absolute atomic E-state index is 13.3. The van der Waals surface area contributed by atoms with Gasteiger partial charge in [0.15, 0.2) is 0 Å². The SMILES string of the molecule is CCCCNC(=O)[C@@H](C)N(Cc1cccc(OC)c1)C(=O)CN(C)S(=O)(=O)c1ccc(Cl)cc1. The van der Waals surface area contributed by atoms with E-state index in [9.17, 15) is 18.0 Å². The standard InChI is InChI=1S/C24H32ClN3O5S/c1-5-6-14-26-24(30)18(2)28(16-19-8-7-9-21(15-19)33-4)23(29)17-27(3)34(31,32)22-12-10-20(25)11-13-22/h7-13,15,18H,5-6,14,16-17H2,1-4H3,(H,26,30)/t18-/m1/s1. The molecule has 2 aromatic carbocycles.